The summed E-state index contributed by atoms with van der Waals surface area (Å²) in [6.45, 7) is 1.92. The highest BCUT2D eigenvalue weighted by molar-refractivity contribution is 8.18. The van der Waals surface area contributed by atoms with Gasteiger partial charge < -0.3 is 10.0 Å². The fourth-order valence-electron chi connectivity index (χ4n) is 5.70. The predicted molar refractivity (Wildman–Crippen MR) is 141 cm³/mol. The number of fused-ring (bicyclic) bond motifs is 3. The van der Waals surface area contributed by atoms with Gasteiger partial charge in [0.2, 0.25) is 0 Å². The summed E-state index contributed by atoms with van der Waals surface area (Å²) in [5.41, 5.74) is -1.91. The second-order valence-corrected chi connectivity index (χ2v) is 11.2. The van der Waals surface area contributed by atoms with E-state index < -0.39 is 23.5 Å². The van der Waals surface area contributed by atoms with Crippen molar-refractivity contribution in [1.82, 2.24) is 19.6 Å². The number of aromatic nitrogens is 2. The Morgan fingerprint density at radius 1 is 1.02 bits per heavy atom. The number of likely N-dealkylation sites (tertiary alicyclic amines) is 2. The quantitative estimate of drug-likeness (QED) is 0.336. The highest BCUT2D eigenvalue weighted by Crippen LogP contribution is 2.39. The second kappa shape index (κ2) is 10.2. The second-order valence-electron chi connectivity index (χ2n) is 10.2. The minimum Gasteiger partial charge on any atom is -0.395 e. The van der Waals surface area contributed by atoms with Gasteiger partial charge in [-0.2, -0.15) is 36.4 Å². The van der Waals surface area contributed by atoms with Crippen LogP contribution in [0.2, 0.25) is 0 Å². The van der Waals surface area contributed by atoms with Crippen LogP contribution in [-0.2, 0) is 23.7 Å². The lowest BCUT2D eigenvalue weighted by molar-refractivity contribution is -0.143. The van der Waals surface area contributed by atoms with Crippen LogP contribution in [0.5, 0.6) is 0 Å². The molecule has 2 bridgehead atoms. The van der Waals surface area contributed by atoms with Gasteiger partial charge in [-0.25, -0.2) is 0 Å². The lowest BCUT2D eigenvalue weighted by Gasteiger charge is -2.34. The number of rotatable bonds is 5. The molecule has 14 heteroatoms. The standard InChI is InChI=1S/C27H23F6N5O2S/c28-26(29,30)18-3-2-16(21(9-18)27(31,32)33)12-38-22-4-1-15(7-17(22)11-34-38)8-23-24(40)35-25(41-23)37-14-19-10-20(37)13-36(19)5-6-39/h1-4,7-9,11,19-20,39H,5-6,10,12-14H2/b23-8-/t19-,20+/m1/s1. The van der Waals surface area contributed by atoms with Gasteiger partial charge in [-0.1, -0.05) is 12.1 Å². The van der Waals surface area contributed by atoms with E-state index in [1.165, 1.54) is 22.6 Å². The number of halogens is 6. The smallest absolute Gasteiger partial charge is 0.395 e. The van der Waals surface area contributed by atoms with Crippen LogP contribution < -0.4 is 0 Å². The molecule has 3 aliphatic heterocycles. The van der Waals surface area contributed by atoms with E-state index in [9.17, 15) is 36.2 Å². The summed E-state index contributed by atoms with van der Waals surface area (Å²) >= 11 is 1.30. The number of hydrogen-bond acceptors (Lipinski definition) is 6. The summed E-state index contributed by atoms with van der Waals surface area (Å²) < 4.78 is 81.2. The highest BCUT2D eigenvalue weighted by atomic mass is 32.2. The lowest BCUT2D eigenvalue weighted by Crippen LogP contribution is -2.48. The van der Waals surface area contributed by atoms with Crippen LogP contribution in [0.4, 0.5) is 26.3 Å². The van der Waals surface area contributed by atoms with Crippen LogP contribution in [0.15, 0.2) is 52.5 Å². The Hall–Kier alpha value is -3.36. The molecule has 41 heavy (non-hydrogen) atoms. The fourth-order valence-corrected chi connectivity index (χ4v) is 6.69. The molecule has 1 N–H and O–H groups in total. The molecule has 216 valence electrons. The molecule has 6 rings (SSSR count). The summed E-state index contributed by atoms with van der Waals surface area (Å²) in [5.74, 6) is -0.349. The van der Waals surface area contributed by atoms with E-state index in [-0.39, 0.29) is 36.7 Å². The number of piperazine rings is 1. The molecule has 0 unspecified atom stereocenters. The first-order valence-electron chi connectivity index (χ1n) is 12.8. The van der Waals surface area contributed by atoms with Crippen molar-refractivity contribution < 1.29 is 36.2 Å². The van der Waals surface area contributed by atoms with Crippen molar-refractivity contribution in [2.45, 2.75) is 37.4 Å². The molecule has 2 saturated heterocycles. The monoisotopic (exact) mass is 595 g/mol. The van der Waals surface area contributed by atoms with Crippen molar-refractivity contribution in [3.8, 4) is 0 Å². The third kappa shape index (κ3) is 5.35. The number of aliphatic imine (C=N–C) groups is 1. The molecule has 3 aliphatic rings. The van der Waals surface area contributed by atoms with Gasteiger partial charge in [-0.3, -0.25) is 14.4 Å². The molecule has 2 fully saturated rings. The number of aliphatic hydroxyl groups excluding tert-OH is 1. The summed E-state index contributed by atoms with van der Waals surface area (Å²) in [7, 11) is 0. The minimum atomic E-state index is -4.97. The molecule has 0 spiro atoms. The van der Waals surface area contributed by atoms with Gasteiger partial charge in [0.05, 0.1) is 40.9 Å². The van der Waals surface area contributed by atoms with Crippen molar-refractivity contribution in [1.29, 1.82) is 0 Å². The number of nitrogens with zero attached hydrogens (tertiary/aromatic N) is 5. The van der Waals surface area contributed by atoms with E-state index in [1.54, 1.807) is 24.3 Å². The lowest BCUT2D eigenvalue weighted by atomic mass is 10.0. The SMILES string of the molecule is O=C1N=C(N2C[C@H]3C[C@H]2CN3CCO)S/C1=C\c1ccc2c(cnn2Cc2ccc(C(F)(F)F)cc2C(F)(F)F)c1. The Morgan fingerprint density at radius 2 is 1.83 bits per heavy atom. The zero-order chi connectivity index (χ0) is 29.1. The topological polar surface area (TPSA) is 74.0 Å². The normalized spacial score (nSPS) is 22.5. The molecule has 1 amide bonds. The van der Waals surface area contributed by atoms with Crippen molar-refractivity contribution >= 4 is 39.8 Å². The van der Waals surface area contributed by atoms with Gasteiger partial charge in [0.25, 0.3) is 5.91 Å². The van der Waals surface area contributed by atoms with Crippen LogP contribution in [-0.4, -0.2) is 74.1 Å². The molecule has 7 nitrogen and oxygen atoms in total. The minimum absolute atomic E-state index is 0.108. The molecule has 2 atom stereocenters. The van der Waals surface area contributed by atoms with E-state index in [0.717, 1.165) is 25.6 Å². The largest absolute Gasteiger partial charge is 0.416 e. The number of alkyl halides is 6. The van der Waals surface area contributed by atoms with Gasteiger partial charge in [0, 0.05) is 37.1 Å². The Labute approximate surface area is 234 Å². The van der Waals surface area contributed by atoms with Crippen LogP contribution in [0, 0.1) is 0 Å². The van der Waals surface area contributed by atoms with Crippen molar-refractivity contribution in [2.24, 2.45) is 4.99 Å². The molecule has 4 heterocycles. The van der Waals surface area contributed by atoms with Crippen molar-refractivity contribution in [3.05, 3.63) is 69.8 Å². The van der Waals surface area contributed by atoms with E-state index in [1.807, 2.05) is 0 Å². The van der Waals surface area contributed by atoms with E-state index in [4.69, 9.17) is 0 Å². The number of carbonyl (C=O) groups is 1. The van der Waals surface area contributed by atoms with Crippen molar-refractivity contribution in [3.63, 3.8) is 0 Å². The zero-order valence-corrected chi connectivity index (χ0v) is 22.1. The Bertz CT molecular complexity index is 1580. The van der Waals surface area contributed by atoms with E-state index in [2.05, 4.69) is 19.9 Å². The van der Waals surface area contributed by atoms with Crippen LogP contribution in [0.1, 0.15) is 28.7 Å². The highest BCUT2D eigenvalue weighted by Gasteiger charge is 2.45. The number of benzene rings is 2. The summed E-state index contributed by atoms with van der Waals surface area (Å²) in [6.07, 6.45) is -5.75. The van der Waals surface area contributed by atoms with E-state index >= 15 is 0 Å². The first-order chi connectivity index (χ1) is 19.4. The Morgan fingerprint density at radius 3 is 2.51 bits per heavy atom. The third-order valence-corrected chi connectivity index (χ3v) is 8.64. The molecular formula is C27H23F6N5O2S. The first-order valence-corrected chi connectivity index (χ1v) is 13.6. The molecule has 0 aliphatic carbocycles. The van der Waals surface area contributed by atoms with Gasteiger partial charge in [-0.05, 0) is 59.7 Å². The third-order valence-electron chi connectivity index (χ3n) is 7.62. The number of hydrogen-bond donors (Lipinski definition) is 1. The maximum atomic E-state index is 13.6. The number of amidine groups is 1. The van der Waals surface area contributed by atoms with Gasteiger partial charge >= 0.3 is 12.4 Å². The molecule has 3 aromatic rings. The number of carbonyl (C=O) groups excluding carboxylic acids is 1. The zero-order valence-electron chi connectivity index (χ0n) is 21.3. The van der Waals surface area contributed by atoms with Gasteiger partial charge in [0.1, 0.15) is 0 Å². The maximum absolute atomic E-state index is 13.6. The molecule has 0 saturated carbocycles. The molecular weight excluding hydrogens is 572 g/mol. The van der Waals surface area contributed by atoms with Crippen LogP contribution in [0.3, 0.4) is 0 Å². The summed E-state index contributed by atoms with van der Waals surface area (Å²) in [4.78, 5) is 21.8. The van der Waals surface area contributed by atoms with Crippen LogP contribution in [0.25, 0.3) is 17.0 Å². The molecule has 2 aromatic carbocycles. The number of aliphatic hydroxyl groups is 1. The number of thioether (sulfide) groups is 1. The van der Waals surface area contributed by atoms with Crippen LogP contribution >= 0.6 is 11.8 Å². The summed E-state index contributed by atoms with van der Waals surface area (Å²) in [5, 5.41) is 14.6. The summed E-state index contributed by atoms with van der Waals surface area (Å²) in [6, 6.07) is 7.23. The average Bonchev–Trinajstić information content (AvgIpc) is 3.67. The Kier molecular flexibility index (Phi) is 6.90. The molecule has 0 radical (unpaired) electrons. The van der Waals surface area contributed by atoms with Crippen molar-refractivity contribution in [2.75, 3.05) is 26.2 Å². The maximum Gasteiger partial charge on any atom is 0.416 e. The number of amides is 1. The number of β-amino-alcohol motifs (C(OH)–C–C–N with tert-alkyl or cyclic N) is 1. The average molecular weight is 596 g/mol. The first kappa shape index (κ1) is 27.8. The Balaban J connectivity index is 1.19. The molecule has 1 aromatic heterocycles. The van der Waals surface area contributed by atoms with Gasteiger partial charge in [-0.15, -0.1) is 0 Å². The predicted octanol–water partition coefficient (Wildman–Crippen LogP) is 4.84. The van der Waals surface area contributed by atoms with E-state index in [0.29, 0.717) is 45.2 Å². The van der Waals surface area contributed by atoms with Gasteiger partial charge in [0.15, 0.2) is 5.17 Å². The fraction of sp³-hybridized carbons (Fsp3) is 0.370.